The van der Waals surface area contributed by atoms with Crippen LogP contribution in [0.15, 0.2) is 53.9 Å². The summed E-state index contributed by atoms with van der Waals surface area (Å²) >= 11 is 8.23. The second-order valence-electron chi connectivity index (χ2n) is 8.53. The Morgan fingerprint density at radius 1 is 1.29 bits per heavy atom. The minimum atomic E-state index is -0.467. The number of esters is 1. The minimum absolute atomic E-state index is 0.0261. The lowest BCUT2D eigenvalue weighted by Crippen LogP contribution is -2.42. The van der Waals surface area contributed by atoms with Gasteiger partial charge in [0.25, 0.3) is 0 Å². The molecule has 0 aliphatic carbocycles. The Hall–Kier alpha value is -2.17. The molecule has 9 heteroatoms. The molecule has 0 radical (unpaired) electrons. The van der Waals surface area contributed by atoms with Gasteiger partial charge in [-0.15, -0.1) is 0 Å². The maximum Gasteiger partial charge on any atom is 0.336 e. The van der Waals surface area contributed by atoms with Crippen LogP contribution in [0.1, 0.15) is 43.2 Å². The van der Waals surface area contributed by atoms with E-state index in [0.717, 1.165) is 28.4 Å². The van der Waals surface area contributed by atoms with E-state index in [2.05, 4.69) is 27.6 Å². The lowest BCUT2D eigenvalue weighted by Gasteiger charge is -2.35. The number of benzene rings is 1. The zero-order valence-corrected chi connectivity index (χ0v) is 22.5. The number of hydrogen-bond acceptors (Lipinski definition) is 6. The van der Waals surface area contributed by atoms with Gasteiger partial charge in [0.05, 0.1) is 24.8 Å². The van der Waals surface area contributed by atoms with Crippen molar-refractivity contribution >= 4 is 46.1 Å². The molecular weight excluding hydrogens is 583 g/mol. The van der Waals surface area contributed by atoms with Gasteiger partial charge in [-0.05, 0) is 37.5 Å². The van der Waals surface area contributed by atoms with Gasteiger partial charge in [-0.2, -0.15) is 0 Å². The van der Waals surface area contributed by atoms with Crippen LogP contribution in [0.2, 0.25) is 5.15 Å². The molecule has 3 heterocycles. The second-order valence-corrected chi connectivity index (χ2v) is 10.00. The van der Waals surface area contributed by atoms with E-state index >= 15 is 0 Å². The maximum atomic E-state index is 13.5. The SMILES string of the molecule is CC1=C(C(=O)OCc2ccccc2OCCI)[C@H](c2ccc(Cl)nc2)CC(=O)N1C[C@H]1CCCO1. The molecule has 0 spiro atoms. The summed E-state index contributed by atoms with van der Waals surface area (Å²) in [5.41, 5.74) is 2.59. The average molecular weight is 611 g/mol. The fourth-order valence-electron chi connectivity index (χ4n) is 4.50. The predicted octanol–water partition coefficient (Wildman–Crippen LogP) is 5.06. The average Bonchev–Trinajstić information content (AvgIpc) is 3.38. The molecule has 1 aromatic heterocycles. The van der Waals surface area contributed by atoms with Crippen LogP contribution >= 0.6 is 34.2 Å². The Labute approximate surface area is 223 Å². The van der Waals surface area contributed by atoms with E-state index in [4.69, 9.17) is 25.8 Å². The first-order chi connectivity index (χ1) is 17.0. The van der Waals surface area contributed by atoms with Crippen molar-refractivity contribution < 1.29 is 23.8 Å². The highest BCUT2D eigenvalue weighted by Gasteiger charge is 2.38. The van der Waals surface area contributed by atoms with Gasteiger partial charge in [0.2, 0.25) is 5.91 Å². The Bertz CT molecular complexity index is 1090. The fourth-order valence-corrected chi connectivity index (χ4v) is 4.84. The van der Waals surface area contributed by atoms with E-state index in [-0.39, 0.29) is 25.0 Å². The first kappa shape index (κ1) is 25.9. The standard InChI is InChI=1S/C26H28ClIN2O5/c1-17-25(26(32)35-16-19-5-2-3-7-22(19)34-12-10-28)21(18-8-9-23(27)29-14-18)13-24(31)30(17)15-20-6-4-11-33-20/h2-3,5,7-9,14,20-21H,4,6,10-13,15-16H2,1H3/t20-,21+/m1/s1. The quantitative estimate of drug-likeness (QED) is 0.171. The van der Waals surface area contributed by atoms with Gasteiger partial charge in [0.1, 0.15) is 17.5 Å². The number of halogens is 2. The normalized spacial score (nSPS) is 20.3. The highest BCUT2D eigenvalue weighted by molar-refractivity contribution is 14.1. The summed E-state index contributed by atoms with van der Waals surface area (Å²) in [6.07, 6.45) is 3.61. The number of pyridine rings is 1. The number of rotatable bonds is 9. The second kappa shape index (κ2) is 12.2. The molecule has 186 valence electrons. The molecule has 0 unspecified atom stereocenters. The number of amides is 1. The van der Waals surface area contributed by atoms with Crippen LogP contribution in [0.25, 0.3) is 0 Å². The topological polar surface area (TPSA) is 78.0 Å². The molecule has 2 aliphatic rings. The maximum absolute atomic E-state index is 13.5. The predicted molar refractivity (Wildman–Crippen MR) is 141 cm³/mol. The van der Waals surface area contributed by atoms with Gasteiger partial charge in [-0.3, -0.25) is 4.79 Å². The van der Waals surface area contributed by atoms with Gasteiger partial charge in [0, 0.05) is 40.8 Å². The molecule has 4 rings (SSSR count). The lowest BCUT2D eigenvalue weighted by molar-refractivity contribution is -0.141. The molecule has 1 saturated heterocycles. The number of para-hydroxylation sites is 1. The van der Waals surface area contributed by atoms with Crippen LogP contribution in [0.5, 0.6) is 5.75 Å². The molecule has 1 amide bonds. The number of hydrogen-bond donors (Lipinski definition) is 0. The molecule has 2 aromatic rings. The van der Waals surface area contributed by atoms with Gasteiger partial charge in [0.15, 0.2) is 0 Å². The number of carbonyl (C=O) groups excluding carboxylic acids is 2. The van der Waals surface area contributed by atoms with E-state index in [1.807, 2.05) is 24.3 Å². The van der Waals surface area contributed by atoms with Crippen molar-refractivity contribution in [2.24, 2.45) is 0 Å². The Morgan fingerprint density at radius 2 is 2.11 bits per heavy atom. The zero-order valence-electron chi connectivity index (χ0n) is 19.5. The van der Waals surface area contributed by atoms with E-state index in [1.54, 1.807) is 30.2 Å². The smallest absolute Gasteiger partial charge is 0.336 e. The number of nitrogens with zero attached hydrogens (tertiary/aromatic N) is 2. The number of ether oxygens (including phenoxy) is 3. The highest BCUT2D eigenvalue weighted by Crippen LogP contribution is 2.38. The molecule has 2 atom stereocenters. The molecule has 2 aliphatic heterocycles. The number of alkyl halides is 1. The van der Waals surface area contributed by atoms with Crippen molar-refractivity contribution in [3.63, 3.8) is 0 Å². The van der Waals surface area contributed by atoms with E-state index < -0.39 is 11.9 Å². The first-order valence-electron chi connectivity index (χ1n) is 11.7. The van der Waals surface area contributed by atoms with Crippen LogP contribution in [0.3, 0.4) is 0 Å². The Morgan fingerprint density at radius 3 is 2.83 bits per heavy atom. The first-order valence-corrected chi connectivity index (χ1v) is 13.6. The lowest BCUT2D eigenvalue weighted by atomic mass is 9.84. The van der Waals surface area contributed by atoms with Crippen molar-refractivity contribution in [2.45, 2.75) is 44.8 Å². The molecule has 7 nitrogen and oxygen atoms in total. The highest BCUT2D eigenvalue weighted by atomic mass is 127. The van der Waals surface area contributed by atoms with Crippen LogP contribution in [-0.4, -0.2) is 52.1 Å². The number of allylic oxidation sites excluding steroid dienone is 1. The van der Waals surface area contributed by atoms with Crippen LogP contribution in [0.4, 0.5) is 0 Å². The molecule has 0 saturated carbocycles. The summed E-state index contributed by atoms with van der Waals surface area (Å²) in [5, 5.41) is 0.351. The van der Waals surface area contributed by atoms with Gasteiger partial charge >= 0.3 is 5.97 Å². The third-order valence-corrected chi connectivity index (χ3v) is 6.94. The van der Waals surface area contributed by atoms with Crippen molar-refractivity contribution in [3.05, 3.63) is 70.1 Å². The minimum Gasteiger partial charge on any atom is -0.492 e. The number of aromatic nitrogens is 1. The van der Waals surface area contributed by atoms with Gasteiger partial charge in [-0.1, -0.05) is 58.5 Å². The molecular formula is C26H28ClIN2O5. The zero-order chi connectivity index (χ0) is 24.8. The summed E-state index contributed by atoms with van der Waals surface area (Å²) in [6.45, 7) is 3.57. The van der Waals surface area contributed by atoms with Crippen LogP contribution in [-0.2, 0) is 25.7 Å². The summed E-state index contributed by atoms with van der Waals surface area (Å²) in [5.74, 6) is -0.283. The summed E-state index contributed by atoms with van der Waals surface area (Å²) in [6, 6.07) is 11.0. The number of carbonyl (C=O) groups is 2. The molecule has 35 heavy (non-hydrogen) atoms. The van der Waals surface area contributed by atoms with Crippen molar-refractivity contribution in [2.75, 3.05) is 24.2 Å². The van der Waals surface area contributed by atoms with E-state index in [9.17, 15) is 9.59 Å². The third-order valence-electron chi connectivity index (χ3n) is 6.27. The van der Waals surface area contributed by atoms with Crippen molar-refractivity contribution in [1.29, 1.82) is 0 Å². The molecule has 0 N–H and O–H groups in total. The fraction of sp³-hybridized carbons (Fsp3) is 0.423. The van der Waals surface area contributed by atoms with Crippen molar-refractivity contribution in [1.82, 2.24) is 9.88 Å². The van der Waals surface area contributed by atoms with Gasteiger partial charge in [-0.25, -0.2) is 9.78 Å². The molecule has 1 fully saturated rings. The van der Waals surface area contributed by atoms with Gasteiger partial charge < -0.3 is 19.1 Å². The van der Waals surface area contributed by atoms with E-state index in [1.165, 1.54) is 0 Å². The van der Waals surface area contributed by atoms with Crippen molar-refractivity contribution in [3.8, 4) is 5.75 Å². The summed E-state index contributed by atoms with van der Waals surface area (Å²) in [7, 11) is 0. The molecule has 0 bridgehead atoms. The summed E-state index contributed by atoms with van der Waals surface area (Å²) in [4.78, 5) is 32.5. The van der Waals surface area contributed by atoms with Crippen LogP contribution in [0, 0.1) is 0 Å². The third kappa shape index (κ3) is 6.34. The monoisotopic (exact) mass is 610 g/mol. The Kier molecular flexibility index (Phi) is 9.02. The van der Waals surface area contributed by atoms with E-state index in [0.29, 0.717) is 41.9 Å². The molecule has 1 aromatic carbocycles. The Balaban J connectivity index is 1.61. The van der Waals surface area contributed by atoms with Crippen LogP contribution < -0.4 is 4.74 Å². The largest absolute Gasteiger partial charge is 0.492 e. The summed E-state index contributed by atoms with van der Waals surface area (Å²) < 4.78 is 18.2.